The van der Waals surface area contributed by atoms with E-state index >= 15 is 0 Å². The fourth-order valence-corrected chi connectivity index (χ4v) is 4.18. The van der Waals surface area contributed by atoms with Gasteiger partial charge in [-0.2, -0.15) is 0 Å². The van der Waals surface area contributed by atoms with Crippen LogP contribution < -0.4 is 11.1 Å². The number of hydrogen-bond donors (Lipinski definition) is 2. The van der Waals surface area contributed by atoms with Gasteiger partial charge in [0.1, 0.15) is 0 Å². The molecule has 2 rings (SSSR count). The quantitative estimate of drug-likeness (QED) is 0.816. The Balaban J connectivity index is 1.91. The van der Waals surface area contributed by atoms with Gasteiger partial charge in [-0.3, -0.25) is 4.79 Å². The van der Waals surface area contributed by atoms with Crippen LogP contribution in [0.5, 0.6) is 0 Å². The van der Waals surface area contributed by atoms with Gasteiger partial charge in [0.25, 0.3) is 0 Å². The molecule has 0 aromatic carbocycles. The fourth-order valence-electron chi connectivity index (χ4n) is 4.18. The number of nitrogens with two attached hydrogens (primary N) is 1. The second kappa shape index (κ2) is 6.05. The third kappa shape index (κ3) is 3.75. The molecule has 1 amide bonds. The monoisotopic (exact) mass is 280 g/mol. The first-order chi connectivity index (χ1) is 9.28. The molecule has 0 aromatic rings. The number of carbonyl (C=O) groups is 1. The van der Waals surface area contributed by atoms with Gasteiger partial charge >= 0.3 is 0 Å². The third-order valence-electron chi connectivity index (χ3n) is 5.58. The van der Waals surface area contributed by atoms with Crippen LogP contribution >= 0.6 is 0 Å². The predicted molar refractivity (Wildman–Crippen MR) is 83.2 cm³/mol. The summed E-state index contributed by atoms with van der Waals surface area (Å²) in [7, 11) is 0. The van der Waals surface area contributed by atoms with Crippen molar-refractivity contribution >= 4 is 5.91 Å². The lowest BCUT2D eigenvalue weighted by Gasteiger charge is -2.39. The first-order valence-electron chi connectivity index (χ1n) is 8.34. The van der Waals surface area contributed by atoms with Crippen LogP contribution in [0, 0.1) is 23.2 Å². The van der Waals surface area contributed by atoms with Gasteiger partial charge in [0.05, 0.1) is 0 Å². The van der Waals surface area contributed by atoms with Crippen LogP contribution in [0.3, 0.4) is 0 Å². The molecule has 0 saturated heterocycles. The molecular formula is C17H32N2O. The van der Waals surface area contributed by atoms with Crippen molar-refractivity contribution in [2.24, 2.45) is 28.9 Å². The zero-order chi connectivity index (χ0) is 14.9. The SMILES string of the molecule is CC1CC(C)C(C(=O)NC2CCCC(C)(C)C2)CC1N. The summed E-state index contributed by atoms with van der Waals surface area (Å²) in [6, 6.07) is 0.554. The normalized spacial score (nSPS) is 41.1. The summed E-state index contributed by atoms with van der Waals surface area (Å²) in [5, 5.41) is 3.32. The number of amides is 1. The van der Waals surface area contributed by atoms with E-state index in [9.17, 15) is 4.79 Å². The van der Waals surface area contributed by atoms with Crippen molar-refractivity contribution in [3.8, 4) is 0 Å². The second-order valence-electron chi connectivity index (χ2n) is 8.16. The first kappa shape index (κ1) is 15.8. The molecule has 0 aromatic heterocycles. The van der Waals surface area contributed by atoms with Crippen LogP contribution in [-0.4, -0.2) is 18.0 Å². The van der Waals surface area contributed by atoms with Crippen LogP contribution in [0.2, 0.25) is 0 Å². The lowest BCUT2D eigenvalue weighted by molar-refractivity contribution is -0.129. The van der Waals surface area contributed by atoms with E-state index < -0.39 is 0 Å². The molecule has 2 saturated carbocycles. The highest BCUT2D eigenvalue weighted by Gasteiger charge is 2.36. The molecule has 3 N–H and O–H groups in total. The number of rotatable bonds is 2. The lowest BCUT2D eigenvalue weighted by Crippen LogP contribution is -2.48. The molecule has 5 unspecified atom stereocenters. The summed E-state index contributed by atoms with van der Waals surface area (Å²) in [5.74, 6) is 1.37. The molecule has 0 spiro atoms. The maximum atomic E-state index is 12.6. The van der Waals surface area contributed by atoms with E-state index in [1.54, 1.807) is 0 Å². The predicted octanol–water partition coefficient (Wildman–Crippen LogP) is 3.08. The molecule has 2 aliphatic carbocycles. The second-order valence-corrected chi connectivity index (χ2v) is 8.16. The van der Waals surface area contributed by atoms with Gasteiger partial charge in [-0.1, -0.05) is 34.1 Å². The van der Waals surface area contributed by atoms with E-state index in [0.717, 1.165) is 25.7 Å². The van der Waals surface area contributed by atoms with Crippen LogP contribution in [0.1, 0.15) is 66.2 Å². The zero-order valence-electron chi connectivity index (χ0n) is 13.6. The summed E-state index contributed by atoms with van der Waals surface area (Å²) < 4.78 is 0. The Hall–Kier alpha value is -0.570. The molecule has 0 radical (unpaired) electrons. The number of nitrogens with one attached hydrogen (secondary N) is 1. The first-order valence-corrected chi connectivity index (χ1v) is 8.34. The van der Waals surface area contributed by atoms with Crippen molar-refractivity contribution in [3.63, 3.8) is 0 Å². The molecule has 0 heterocycles. The molecular weight excluding hydrogens is 248 g/mol. The maximum Gasteiger partial charge on any atom is 0.223 e. The van der Waals surface area contributed by atoms with Crippen LogP contribution in [0.25, 0.3) is 0 Å². The summed E-state index contributed by atoms with van der Waals surface area (Å²) >= 11 is 0. The van der Waals surface area contributed by atoms with E-state index in [1.807, 2.05) is 0 Å². The molecule has 3 heteroatoms. The minimum absolute atomic E-state index is 0.117. The molecule has 0 aliphatic heterocycles. The Morgan fingerprint density at radius 3 is 2.55 bits per heavy atom. The van der Waals surface area contributed by atoms with Crippen molar-refractivity contribution in [2.75, 3.05) is 0 Å². The average molecular weight is 280 g/mol. The molecule has 2 fully saturated rings. The van der Waals surface area contributed by atoms with Crippen molar-refractivity contribution in [3.05, 3.63) is 0 Å². The zero-order valence-corrected chi connectivity index (χ0v) is 13.6. The van der Waals surface area contributed by atoms with Gasteiger partial charge in [0.15, 0.2) is 0 Å². The molecule has 2 aliphatic rings. The van der Waals surface area contributed by atoms with Gasteiger partial charge in [0.2, 0.25) is 5.91 Å². The molecule has 5 atom stereocenters. The molecule has 20 heavy (non-hydrogen) atoms. The minimum Gasteiger partial charge on any atom is -0.353 e. The standard InChI is InChI=1S/C17H32N2O/c1-11-8-12(2)15(18)9-14(11)16(20)19-13-6-5-7-17(3,4)10-13/h11-15H,5-10,18H2,1-4H3,(H,19,20). The van der Waals surface area contributed by atoms with E-state index in [2.05, 4.69) is 33.0 Å². The Morgan fingerprint density at radius 1 is 1.20 bits per heavy atom. The smallest absolute Gasteiger partial charge is 0.223 e. The highest BCUT2D eigenvalue weighted by Crippen LogP contribution is 2.36. The average Bonchev–Trinajstić information content (AvgIpc) is 2.32. The van der Waals surface area contributed by atoms with Gasteiger partial charge in [-0.15, -0.1) is 0 Å². The minimum atomic E-state index is 0.117. The third-order valence-corrected chi connectivity index (χ3v) is 5.58. The Bertz CT molecular complexity index is 353. The Kier molecular flexibility index (Phi) is 4.78. The number of carbonyl (C=O) groups excluding carboxylic acids is 1. The van der Waals surface area contributed by atoms with E-state index in [0.29, 0.717) is 23.3 Å². The van der Waals surface area contributed by atoms with Crippen molar-refractivity contribution in [1.82, 2.24) is 5.32 Å². The highest BCUT2D eigenvalue weighted by molar-refractivity contribution is 5.79. The van der Waals surface area contributed by atoms with Crippen LogP contribution in [0.15, 0.2) is 0 Å². The van der Waals surface area contributed by atoms with Gasteiger partial charge < -0.3 is 11.1 Å². The number of hydrogen-bond acceptors (Lipinski definition) is 2. The Labute approximate surface area is 124 Å². The van der Waals surface area contributed by atoms with Crippen molar-refractivity contribution < 1.29 is 4.79 Å². The summed E-state index contributed by atoms with van der Waals surface area (Å²) in [6.45, 7) is 9.04. The highest BCUT2D eigenvalue weighted by atomic mass is 16.2. The van der Waals surface area contributed by atoms with E-state index in [-0.39, 0.29) is 17.9 Å². The molecule has 3 nitrogen and oxygen atoms in total. The maximum absolute atomic E-state index is 12.6. The van der Waals surface area contributed by atoms with E-state index in [4.69, 9.17) is 5.73 Å². The summed E-state index contributed by atoms with van der Waals surface area (Å²) in [5.41, 5.74) is 6.54. The fraction of sp³-hybridized carbons (Fsp3) is 0.941. The van der Waals surface area contributed by atoms with Gasteiger partial charge in [-0.25, -0.2) is 0 Å². The summed E-state index contributed by atoms with van der Waals surface area (Å²) in [4.78, 5) is 12.6. The van der Waals surface area contributed by atoms with Crippen LogP contribution in [0.4, 0.5) is 0 Å². The summed E-state index contributed by atoms with van der Waals surface area (Å²) in [6.07, 6.45) is 6.69. The lowest BCUT2D eigenvalue weighted by atomic mass is 9.72. The topological polar surface area (TPSA) is 55.1 Å². The molecule has 116 valence electrons. The van der Waals surface area contributed by atoms with Crippen molar-refractivity contribution in [2.45, 2.75) is 78.3 Å². The van der Waals surface area contributed by atoms with Gasteiger partial charge in [0, 0.05) is 18.0 Å². The van der Waals surface area contributed by atoms with Crippen LogP contribution in [-0.2, 0) is 4.79 Å². The van der Waals surface area contributed by atoms with Gasteiger partial charge in [-0.05, 0) is 49.4 Å². The Morgan fingerprint density at radius 2 is 1.90 bits per heavy atom. The molecule has 0 bridgehead atoms. The van der Waals surface area contributed by atoms with E-state index in [1.165, 1.54) is 12.8 Å². The van der Waals surface area contributed by atoms with Crippen molar-refractivity contribution in [1.29, 1.82) is 0 Å². The largest absolute Gasteiger partial charge is 0.353 e.